The largest absolute Gasteiger partial charge is 0.361 e. The summed E-state index contributed by atoms with van der Waals surface area (Å²) in [4.78, 5) is 3.35. The first-order valence-corrected chi connectivity index (χ1v) is 6.96. The van der Waals surface area contributed by atoms with Gasteiger partial charge < -0.3 is 10.3 Å². The molecule has 4 heteroatoms. The lowest BCUT2D eigenvalue weighted by molar-refractivity contribution is 0.678. The summed E-state index contributed by atoms with van der Waals surface area (Å²) in [5.41, 5.74) is 6.05. The molecule has 0 saturated heterocycles. The SMILES string of the molecule is CNCCc1c(-c2c[nH]c3ccccc23)c(C)nn1C. The molecule has 1 aromatic carbocycles. The number of aromatic amines is 1. The van der Waals surface area contributed by atoms with E-state index in [2.05, 4.69) is 52.8 Å². The average molecular weight is 268 g/mol. The van der Waals surface area contributed by atoms with Gasteiger partial charge in [-0.2, -0.15) is 5.10 Å². The lowest BCUT2D eigenvalue weighted by Gasteiger charge is -2.06. The zero-order valence-electron chi connectivity index (χ0n) is 12.2. The van der Waals surface area contributed by atoms with Crippen LogP contribution in [-0.2, 0) is 13.5 Å². The fourth-order valence-corrected chi connectivity index (χ4v) is 2.86. The Kier molecular flexibility index (Phi) is 3.32. The van der Waals surface area contributed by atoms with Crippen molar-refractivity contribution in [1.82, 2.24) is 20.1 Å². The number of benzene rings is 1. The third-order valence-electron chi connectivity index (χ3n) is 3.81. The molecule has 2 aromatic heterocycles. The van der Waals surface area contributed by atoms with Crippen LogP contribution in [0.15, 0.2) is 30.5 Å². The molecule has 0 saturated carbocycles. The number of aryl methyl sites for hydroxylation is 2. The van der Waals surface area contributed by atoms with Gasteiger partial charge in [-0.05, 0) is 20.0 Å². The molecule has 0 bridgehead atoms. The van der Waals surface area contributed by atoms with Crippen molar-refractivity contribution in [3.05, 3.63) is 41.9 Å². The highest BCUT2D eigenvalue weighted by Gasteiger charge is 2.17. The molecule has 104 valence electrons. The highest BCUT2D eigenvalue weighted by atomic mass is 15.3. The van der Waals surface area contributed by atoms with Gasteiger partial charge in [-0.1, -0.05) is 18.2 Å². The molecule has 0 unspecified atom stereocenters. The third-order valence-corrected chi connectivity index (χ3v) is 3.81. The summed E-state index contributed by atoms with van der Waals surface area (Å²) in [6, 6.07) is 8.41. The van der Waals surface area contributed by atoms with Gasteiger partial charge in [-0.25, -0.2) is 0 Å². The van der Waals surface area contributed by atoms with Crippen molar-refractivity contribution in [2.24, 2.45) is 7.05 Å². The molecule has 0 aliphatic heterocycles. The quantitative estimate of drug-likeness (QED) is 0.764. The Morgan fingerprint density at radius 3 is 2.90 bits per heavy atom. The third kappa shape index (κ3) is 2.02. The van der Waals surface area contributed by atoms with E-state index in [9.17, 15) is 0 Å². The number of H-pyrrole nitrogens is 1. The molecule has 0 aliphatic rings. The first-order valence-electron chi connectivity index (χ1n) is 6.96. The molecular formula is C16H20N4. The number of rotatable bonds is 4. The summed E-state index contributed by atoms with van der Waals surface area (Å²) >= 11 is 0. The maximum atomic E-state index is 4.60. The van der Waals surface area contributed by atoms with Gasteiger partial charge in [0.2, 0.25) is 0 Å². The zero-order valence-corrected chi connectivity index (χ0v) is 12.2. The van der Waals surface area contributed by atoms with Crippen molar-refractivity contribution >= 4 is 10.9 Å². The Balaban J connectivity index is 2.18. The smallest absolute Gasteiger partial charge is 0.0675 e. The van der Waals surface area contributed by atoms with Gasteiger partial charge in [0.1, 0.15) is 0 Å². The number of likely N-dealkylation sites (N-methyl/N-ethyl adjacent to an activating group) is 1. The van der Waals surface area contributed by atoms with Crippen molar-refractivity contribution < 1.29 is 0 Å². The summed E-state index contributed by atoms with van der Waals surface area (Å²) in [7, 11) is 4.00. The Morgan fingerprint density at radius 2 is 2.10 bits per heavy atom. The van der Waals surface area contributed by atoms with Crippen LogP contribution >= 0.6 is 0 Å². The fourth-order valence-electron chi connectivity index (χ4n) is 2.86. The van der Waals surface area contributed by atoms with Gasteiger partial charge in [0.15, 0.2) is 0 Å². The number of hydrogen-bond acceptors (Lipinski definition) is 2. The van der Waals surface area contributed by atoms with Gasteiger partial charge in [-0.15, -0.1) is 0 Å². The van der Waals surface area contributed by atoms with Crippen LogP contribution in [0.1, 0.15) is 11.4 Å². The van der Waals surface area contributed by atoms with Crippen LogP contribution in [0.4, 0.5) is 0 Å². The molecule has 0 atom stereocenters. The lowest BCUT2D eigenvalue weighted by Crippen LogP contribution is -2.13. The minimum Gasteiger partial charge on any atom is -0.361 e. The highest BCUT2D eigenvalue weighted by Crippen LogP contribution is 2.33. The van der Waals surface area contributed by atoms with Crippen molar-refractivity contribution in [1.29, 1.82) is 0 Å². The number of fused-ring (bicyclic) bond motifs is 1. The maximum Gasteiger partial charge on any atom is 0.0675 e. The topological polar surface area (TPSA) is 45.6 Å². The lowest BCUT2D eigenvalue weighted by atomic mass is 10.0. The molecule has 0 aliphatic carbocycles. The molecule has 4 nitrogen and oxygen atoms in total. The molecule has 0 fully saturated rings. The average Bonchev–Trinajstić information content (AvgIpc) is 2.97. The first kappa shape index (κ1) is 12.9. The van der Waals surface area contributed by atoms with E-state index in [4.69, 9.17) is 0 Å². The van der Waals surface area contributed by atoms with Gasteiger partial charge in [0, 0.05) is 53.9 Å². The number of hydrogen-bond donors (Lipinski definition) is 2. The minimum absolute atomic E-state index is 0.953. The molecule has 20 heavy (non-hydrogen) atoms. The van der Waals surface area contributed by atoms with Gasteiger partial charge >= 0.3 is 0 Å². The van der Waals surface area contributed by atoms with Crippen LogP contribution < -0.4 is 5.32 Å². The van der Waals surface area contributed by atoms with Crippen molar-refractivity contribution in [3.63, 3.8) is 0 Å². The van der Waals surface area contributed by atoms with Crippen LogP contribution in [0.25, 0.3) is 22.0 Å². The fraction of sp³-hybridized carbons (Fsp3) is 0.312. The summed E-state index contributed by atoms with van der Waals surface area (Å²) in [6.45, 7) is 3.04. The number of nitrogens with zero attached hydrogens (tertiary/aromatic N) is 2. The van der Waals surface area contributed by atoms with E-state index in [0.717, 1.165) is 18.7 Å². The molecule has 3 aromatic rings. The molecular weight excluding hydrogens is 248 g/mol. The van der Waals surface area contributed by atoms with Crippen molar-refractivity contribution in [2.45, 2.75) is 13.3 Å². The van der Waals surface area contributed by atoms with Gasteiger partial charge in [0.25, 0.3) is 0 Å². The van der Waals surface area contributed by atoms with Crippen LogP contribution in [0.3, 0.4) is 0 Å². The van der Waals surface area contributed by atoms with Crippen LogP contribution in [0, 0.1) is 6.92 Å². The molecule has 0 radical (unpaired) electrons. The number of para-hydroxylation sites is 1. The zero-order chi connectivity index (χ0) is 14.1. The van der Waals surface area contributed by atoms with Crippen molar-refractivity contribution in [3.8, 4) is 11.1 Å². The molecule has 0 amide bonds. The van der Waals surface area contributed by atoms with E-state index in [1.54, 1.807) is 0 Å². The molecule has 0 spiro atoms. The second-order valence-corrected chi connectivity index (χ2v) is 5.13. The van der Waals surface area contributed by atoms with E-state index in [1.165, 1.54) is 27.7 Å². The van der Waals surface area contributed by atoms with Gasteiger partial charge in [0.05, 0.1) is 5.69 Å². The van der Waals surface area contributed by atoms with Crippen LogP contribution in [0.5, 0.6) is 0 Å². The molecule has 2 N–H and O–H groups in total. The van der Waals surface area contributed by atoms with E-state index >= 15 is 0 Å². The van der Waals surface area contributed by atoms with Crippen LogP contribution in [-0.4, -0.2) is 28.4 Å². The van der Waals surface area contributed by atoms with E-state index < -0.39 is 0 Å². The standard InChI is InChI=1S/C16H20N4/c1-11-16(15(8-9-17-2)20(3)19-11)13-10-18-14-7-5-4-6-12(13)14/h4-7,10,17-18H,8-9H2,1-3H3. The van der Waals surface area contributed by atoms with E-state index in [-0.39, 0.29) is 0 Å². The predicted molar refractivity (Wildman–Crippen MR) is 82.9 cm³/mol. The summed E-state index contributed by atoms with van der Waals surface area (Å²) in [5.74, 6) is 0. The van der Waals surface area contributed by atoms with Gasteiger partial charge in [-0.3, -0.25) is 4.68 Å². The Labute approximate surface area is 118 Å². The maximum absolute atomic E-state index is 4.60. The van der Waals surface area contributed by atoms with Crippen molar-refractivity contribution in [2.75, 3.05) is 13.6 Å². The Hall–Kier alpha value is -2.07. The normalized spacial score (nSPS) is 11.3. The van der Waals surface area contributed by atoms with E-state index in [1.807, 2.05) is 18.8 Å². The second-order valence-electron chi connectivity index (χ2n) is 5.13. The Morgan fingerprint density at radius 1 is 1.30 bits per heavy atom. The second kappa shape index (κ2) is 5.13. The highest BCUT2D eigenvalue weighted by molar-refractivity contribution is 5.96. The Bertz CT molecular complexity index is 736. The monoisotopic (exact) mass is 268 g/mol. The number of nitrogens with one attached hydrogen (secondary N) is 2. The molecule has 3 rings (SSSR count). The summed E-state index contributed by atoms with van der Waals surface area (Å²) < 4.78 is 2.00. The first-order chi connectivity index (χ1) is 9.72. The van der Waals surface area contributed by atoms with Crippen LogP contribution in [0.2, 0.25) is 0 Å². The molecule has 2 heterocycles. The summed E-state index contributed by atoms with van der Waals surface area (Å²) in [6.07, 6.45) is 3.07. The van der Waals surface area contributed by atoms with E-state index in [0.29, 0.717) is 0 Å². The number of aromatic nitrogens is 3. The summed E-state index contributed by atoms with van der Waals surface area (Å²) in [5, 5.41) is 9.07. The minimum atomic E-state index is 0.953. The predicted octanol–water partition coefficient (Wildman–Crippen LogP) is 2.64.